The number of hydrogen-bond donors (Lipinski definition) is 1. The molecule has 1 aromatic carbocycles. The van der Waals surface area contributed by atoms with E-state index in [-0.39, 0.29) is 11.4 Å². The fourth-order valence-corrected chi connectivity index (χ4v) is 4.17. The van der Waals surface area contributed by atoms with Gasteiger partial charge in [-0.2, -0.15) is 0 Å². The number of urea groups is 1. The minimum absolute atomic E-state index is 0.0232. The summed E-state index contributed by atoms with van der Waals surface area (Å²) in [5, 5.41) is 3.05. The topological polar surface area (TPSA) is 44.8 Å². The number of benzene rings is 1. The first-order chi connectivity index (χ1) is 12.9. The minimum atomic E-state index is 0.0232. The Morgan fingerprint density at radius 1 is 1.00 bits per heavy atom. The smallest absolute Gasteiger partial charge is 0.321 e. The summed E-state index contributed by atoms with van der Waals surface area (Å²) in [4.78, 5) is 17.1. The molecule has 0 saturated carbocycles. The predicted octanol–water partition coefficient (Wildman–Crippen LogP) is 4.09. The maximum absolute atomic E-state index is 12.6. The number of rotatable bonds is 3. The number of carbonyl (C=O) groups excluding carboxylic acids is 1. The Bertz CT molecular complexity index is 607. The van der Waals surface area contributed by atoms with Crippen LogP contribution in [0.15, 0.2) is 24.3 Å². The van der Waals surface area contributed by atoms with Crippen molar-refractivity contribution in [3.05, 3.63) is 29.8 Å². The summed E-state index contributed by atoms with van der Waals surface area (Å²) in [7, 11) is 1.81. The largest absolute Gasteiger partial charge is 0.381 e. The molecule has 0 bridgehead atoms. The lowest BCUT2D eigenvalue weighted by Crippen LogP contribution is -2.50. The minimum Gasteiger partial charge on any atom is -0.381 e. The van der Waals surface area contributed by atoms with Gasteiger partial charge in [-0.1, -0.05) is 32.9 Å². The van der Waals surface area contributed by atoms with Crippen molar-refractivity contribution in [2.75, 3.05) is 38.6 Å². The molecule has 1 N–H and O–H groups in total. The van der Waals surface area contributed by atoms with Crippen molar-refractivity contribution in [2.45, 2.75) is 64.0 Å². The van der Waals surface area contributed by atoms with Crippen molar-refractivity contribution in [3.8, 4) is 0 Å². The molecule has 5 nitrogen and oxygen atoms in total. The number of carbonyl (C=O) groups is 1. The van der Waals surface area contributed by atoms with Crippen molar-refractivity contribution in [1.29, 1.82) is 0 Å². The summed E-state index contributed by atoms with van der Waals surface area (Å²) in [5.74, 6) is 0. The van der Waals surface area contributed by atoms with Gasteiger partial charge in [-0.3, -0.25) is 0 Å². The Labute approximate surface area is 164 Å². The fourth-order valence-electron chi connectivity index (χ4n) is 4.17. The highest BCUT2D eigenvalue weighted by atomic mass is 16.5. The van der Waals surface area contributed by atoms with Crippen LogP contribution in [0.4, 0.5) is 10.5 Å². The molecule has 150 valence electrons. The molecule has 2 heterocycles. The summed E-state index contributed by atoms with van der Waals surface area (Å²) >= 11 is 0. The molecule has 0 atom stereocenters. The van der Waals surface area contributed by atoms with E-state index in [0.29, 0.717) is 12.1 Å². The molecular weight excluding hydrogens is 338 g/mol. The van der Waals surface area contributed by atoms with Crippen LogP contribution in [0.3, 0.4) is 0 Å². The van der Waals surface area contributed by atoms with Crippen LogP contribution in [0, 0.1) is 0 Å². The average Bonchev–Trinajstić information content (AvgIpc) is 2.68. The summed E-state index contributed by atoms with van der Waals surface area (Å²) in [5.41, 5.74) is 2.28. The lowest BCUT2D eigenvalue weighted by Gasteiger charge is -2.41. The number of ether oxygens (including phenoxy) is 1. The third kappa shape index (κ3) is 5.23. The van der Waals surface area contributed by atoms with Crippen LogP contribution in [-0.2, 0) is 10.2 Å². The fraction of sp³-hybridized carbons (Fsp3) is 0.682. The van der Waals surface area contributed by atoms with Crippen LogP contribution in [-0.4, -0.2) is 61.3 Å². The van der Waals surface area contributed by atoms with Crippen molar-refractivity contribution in [1.82, 2.24) is 9.80 Å². The van der Waals surface area contributed by atoms with E-state index in [2.05, 4.69) is 43.1 Å². The molecule has 3 rings (SSSR count). The molecule has 0 unspecified atom stereocenters. The molecule has 2 aliphatic rings. The van der Waals surface area contributed by atoms with Crippen LogP contribution < -0.4 is 5.32 Å². The van der Waals surface area contributed by atoms with E-state index in [4.69, 9.17) is 4.74 Å². The van der Waals surface area contributed by atoms with E-state index >= 15 is 0 Å². The summed E-state index contributed by atoms with van der Waals surface area (Å²) < 4.78 is 5.47. The van der Waals surface area contributed by atoms with Gasteiger partial charge in [-0.15, -0.1) is 0 Å². The van der Waals surface area contributed by atoms with Gasteiger partial charge in [0, 0.05) is 45.0 Å². The SMILES string of the molecule is COC1CCN(C2CCN(C(=O)Nc3ccc(C(C)(C)C)cc3)CC2)CC1. The van der Waals surface area contributed by atoms with E-state index in [0.717, 1.165) is 57.5 Å². The van der Waals surface area contributed by atoms with Crippen molar-refractivity contribution >= 4 is 11.7 Å². The maximum Gasteiger partial charge on any atom is 0.321 e. The van der Waals surface area contributed by atoms with Crippen molar-refractivity contribution in [3.63, 3.8) is 0 Å². The quantitative estimate of drug-likeness (QED) is 0.868. The highest BCUT2D eigenvalue weighted by Crippen LogP contribution is 2.25. The first kappa shape index (κ1) is 20.2. The highest BCUT2D eigenvalue weighted by molar-refractivity contribution is 5.89. The third-order valence-corrected chi connectivity index (χ3v) is 6.08. The van der Waals surface area contributed by atoms with Crippen LogP contribution >= 0.6 is 0 Å². The van der Waals surface area contributed by atoms with Crippen LogP contribution in [0.5, 0.6) is 0 Å². The first-order valence-electron chi connectivity index (χ1n) is 10.3. The van der Waals surface area contributed by atoms with Crippen LogP contribution in [0.2, 0.25) is 0 Å². The molecule has 0 aromatic heterocycles. The molecule has 2 saturated heterocycles. The standard InChI is InChI=1S/C22H35N3O2/c1-22(2,3)17-5-7-18(8-6-17)23-21(26)25-13-9-19(10-14-25)24-15-11-20(27-4)12-16-24/h5-8,19-20H,9-16H2,1-4H3,(H,23,26). The molecule has 0 radical (unpaired) electrons. The summed E-state index contributed by atoms with van der Waals surface area (Å²) in [6.07, 6.45) is 4.81. The van der Waals surface area contributed by atoms with Crippen LogP contribution in [0.1, 0.15) is 52.0 Å². The van der Waals surface area contributed by atoms with Gasteiger partial charge in [0.05, 0.1) is 6.10 Å². The number of methoxy groups -OCH3 is 1. The lowest BCUT2D eigenvalue weighted by molar-refractivity contribution is 0.0173. The maximum atomic E-state index is 12.6. The van der Waals surface area contributed by atoms with Gasteiger partial charge in [-0.25, -0.2) is 4.79 Å². The number of amides is 2. The number of anilines is 1. The Hall–Kier alpha value is -1.59. The summed E-state index contributed by atoms with van der Waals surface area (Å²) in [6, 6.07) is 8.85. The molecule has 2 aliphatic heterocycles. The monoisotopic (exact) mass is 373 g/mol. The predicted molar refractivity (Wildman–Crippen MR) is 110 cm³/mol. The zero-order valence-corrected chi connectivity index (χ0v) is 17.3. The van der Waals surface area contributed by atoms with Crippen LogP contribution in [0.25, 0.3) is 0 Å². The zero-order chi connectivity index (χ0) is 19.4. The molecule has 5 heteroatoms. The molecule has 0 aliphatic carbocycles. The van der Waals surface area contributed by atoms with E-state index in [9.17, 15) is 4.79 Å². The molecule has 2 fully saturated rings. The van der Waals surface area contributed by atoms with E-state index in [1.165, 1.54) is 5.56 Å². The average molecular weight is 374 g/mol. The van der Waals surface area contributed by atoms with Gasteiger partial charge in [0.25, 0.3) is 0 Å². The zero-order valence-electron chi connectivity index (χ0n) is 17.3. The molecule has 2 amide bonds. The second kappa shape index (κ2) is 8.61. The Morgan fingerprint density at radius 3 is 2.11 bits per heavy atom. The highest BCUT2D eigenvalue weighted by Gasteiger charge is 2.29. The molecular formula is C22H35N3O2. The van der Waals surface area contributed by atoms with Gasteiger partial charge >= 0.3 is 6.03 Å². The van der Waals surface area contributed by atoms with Gasteiger partial charge < -0.3 is 19.9 Å². The Kier molecular flexibility index (Phi) is 6.43. The summed E-state index contributed by atoms with van der Waals surface area (Å²) in [6.45, 7) is 10.5. The Morgan fingerprint density at radius 2 is 1.59 bits per heavy atom. The van der Waals surface area contributed by atoms with E-state index < -0.39 is 0 Å². The van der Waals surface area contributed by atoms with Gasteiger partial charge in [-0.05, 0) is 48.8 Å². The van der Waals surface area contributed by atoms with E-state index in [1.54, 1.807) is 0 Å². The van der Waals surface area contributed by atoms with Gasteiger partial charge in [0.1, 0.15) is 0 Å². The number of likely N-dealkylation sites (tertiary alicyclic amines) is 2. The number of nitrogens with zero attached hydrogens (tertiary/aromatic N) is 2. The van der Waals surface area contributed by atoms with Gasteiger partial charge in [0.15, 0.2) is 0 Å². The van der Waals surface area contributed by atoms with E-state index in [1.807, 2.05) is 24.1 Å². The lowest BCUT2D eigenvalue weighted by atomic mass is 9.87. The second-order valence-electron chi connectivity index (χ2n) is 8.95. The number of nitrogens with one attached hydrogen (secondary N) is 1. The first-order valence-corrected chi connectivity index (χ1v) is 10.3. The van der Waals surface area contributed by atoms with Crippen molar-refractivity contribution < 1.29 is 9.53 Å². The molecule has 1 aromatic rings. The molecule has 0 spiro atoms. The second-order valence-corrected chi connectivity index (χ2v) is 8.95. The Balaban J connectivity index is 1.46. The molecule has 27 heavy (non-hydrogen) atoms. The number of piperidine rings is 2. The number of hydrogen-bond acceptors (Lipinski definition) is 3. The third-order valence-electron chi connectivity index (χ3n) is 6.08. The van der Waals surface area contributed by atoms with Gasteiger partial charge in [0.2, 0.25) is 0 Å². The normalized spacial score (nSPS) is 20.7. The van der Waals surface area contributed by atoms with Crippen molar-refractivity contribution in [2.24, 2.45) is 0 Å².